The van der Waals surface area contributed by atoms with Crippen LogP contribution in [0.25, 0.3) is 0 Å². The lowest BCUT2D eigenvalue weighted by molar-refractivity contribution is -0.279. The molecular weight excluding hydrogens is 414 g/mol. The van der Waals surface area contributed by atoms with Crippen molar-refractivity contribution in [3.8, 4) is 0 Å². The molecule has 0 aromatic heterocycles. The molecule has 168 valence electrons. The van der Waals surface area contributed by atoms with E-state index in [1.807, 2.05) is 30.3 Å². The van der Waals surface area contributed by atoms with Gasteiger partial charge in [-0.3, -0.25) is 14.5 Å². The van der Waals surface area contributed by atoms with Crippen LogP contribution >= 0.6 is 0 Å². The van der Waals surface area contributed by atoms with Crippen LogP contribution in [0.15, 0.2) is 67.3 Å². The molecule has 5 atom stereocenters. The zero-order valence-electron chi connectivity index (χ0n) is 17.4. The Bertz CT molecular complexity index is 944. The highest BCUT2D eigenvalue weighted by Crippen LogP contribution is 2.32. The molecule has 8 heteroatoms. The minimum Gasteiger partial charge on any atom is -0.388 e. The number of hydrogen-bond acceptors (Lipinski definition) is 7. The first kappa shape index (κ1) is 22.3. The highest BCUT2D eigenvalue weighted by atomic mass is 16.7. The lowest BCUT2D eigenvalue weighted by Crippen LogP contribution is -2.65. The number of nitrogens with zero attached hydrogens (tertiary/aromatic N) is 1. The average Bonchev–Trinajstić information content (AvgIpc) is 3.06. The summed E-state index contributed by atoms with van der Waals surface area (Å²) < 4.78 is 17.2. The Morgan fingerprint density at radius 3 is 2.22 bits per heavy atom. The summed E-state index contributed by atoms with van der Waals surface area (Å²) in [6, 6.07) is 14.6. The van der Waals surface area contributed by atoms with E-state index in [4.69, 9.17) is 14.2 Å². The zero-order chi connectivity index (χ0) is 22.7. The third-order valence-corrected chi connectivity index (χ3v) is 5.56. The molecule has 1 fully saturated rings. The predicted octanol–water partition coefficient (Wildman–Crippen LogP) is 1.52. The Hall–Kier alpha value is -2.88. The summed E-state index contributed by atoms with van der Waals surface area (Å²) in [5.74, 6) is -1.15. The fraction of sp³-hybridized carbons (Fsp3) is 0.333. The number of aliphatic hydroxyl groups is 2. The number of carbonyl (C=O) groups excluding carboxylic acids is 2. The van der Waals surface area contributed by atoms with E-state index in [1.54, 1.807) is 24.3 Å². The maximum Gasteiger partial charge on any atom is 0.262 e. The van der Waals surface area contributed by atoms with Gasteiger partial charge in [0, 0.05) is 0 Å². The minimum atomic E-state index is -1.49. The van der Waals surface area contributed by atoms with Crippen molar-refractivity contribution in [2.45, 2.75) is 37.3 Å². The first-order valence-corrected chi connectivity index (χ1v) is 10.4. The van der Waals surface area contributed by atoms with Gasteiger partial charge in [-0.2, -0.15) is 0 Å². The fourth-order valence-corrected chi connectivity index (χ4v) is 3.98. The van der Waals surface area contributed by atoms with Gasteiger partial charge >= 0.3 is 0 Å². The van der Waals surface area contributed by atoms with E-state index in [1.165, 1.54) is 6.08 Å². The highest BCUT2D eigenvalue weighted by Gasteiger charge is 2.53. The molecule has 4 rings (SSSR count). The van der Waals surface area contributed by atoms with Gasteiger partial charge in [0.15, 0.2) is 6.29 Å². The molecule has 32 heavy (non-hydrogen) atoms. The minimum absolute atomic E-state index is 0.0179. The van der Waals surface area contributed by atoms with E-state index in [2.05, 4.69) is 6.58 Å². The molecule has 2 aromatic carbocycles. The van der Waals surface area contributed by atoms with Crippen LogP contribution in [0.5, 0.6) is 0 Å². The normalized spacial score (nSPS) is 27.4. The molecule has 2 aromatic rings. The van der Waals surface area contributed by atoms with Crippen LogP contribution in [-0.2, 0) is 20.8 Å². The third kappa shape index (κ3) is 4.23. The number of aliphatic hydroxyl groups excluding tert-OH is 2. The molecule has 2 aliphatic heterocycles. The van der Waals surface area contributed by atoms with E-state index >= 15 is 0 Å². The number of imide groups is 1. The Labute approximate surface area is 185 Å². The molecule has 2 N–H and O–H groups in total. The molecule has 0 unspecified atom stereocenters. The molecule has 0 radical (unpaired) electrons. The summed E-state index contributed by atoms with van der Waals surface area (Å²) in [6.07, 6.45) is -3.50. The Morgan fingerprint density at radius 1 is 0.969 bits per heavy atom. The van der Waals surface area contributed by atoms with E-state index in [-0.39, 0.29) is 24.3 Å². The van der Waals surface area contributed by atoms with Crippen LogP contribution in [-0.4, -0.2) is 70.8 Å². The quantitative estimate of drug-likeness (QED) is 0.475. The van der Waals surface area contributed by atoms with Crippen molar-refractivity contribution >= 4 is 11.8 Å². The number of rotatable bonds is 8. The Kier molecular flexibility index (Phi) is 6.78. The van der Waals surface area contributed by atoms with Crippen LogP contribution in [0, 0.1) is 0 Å². The second kappa shape index (κ2) is 9.72. The van der Waals surface area contributed by atoms with Gasteiger partial charge in [0.25, 0.3) is 11.8 Å². The molecule has 2 heterocycles. The molecular formula is C24H25NO7. The topological polar surface area (TPSA) is 106 Å². The van der Waals surface area contributed by atoms with E-state index in [0.717, 1.165) is 10.5 Å². The Morgan fingerprint density at radius 2 is 1.59 bits per heavy atom. The Balaban J connectivity index is 1.51. The lowest BCUT2D eigenvalue weighted by Gasteiger charge is -2.45. The van der Waals surface area contributed by atoms with Crippen molar-refractivity contribution in [3.63, 3.8) is 0 Å². The number of carbonyl (C=O) groups is 2. The van der Waals surface area contributed by atoms with Crippen LogP contribution in [0.1, 0.15) is 26.3 Å². The molecule has 0 aliphatic carbocycles. The van der Waals surface area contributed by atoms with Crippen molar-refractivity contribution in [2.24, 2.45) is 0 Å². The monoisotopic (exact) mass is 439 g/mol. The average molecular weight is 439 g/mol. The molecule has 0 spiro atoms. The molecule has 8 nitrogen and oxygen atoms in total. The van der Waals surface area contributed by atoms with E-state index in [9.17, 15) is 19.8 Å². The molecule has 2 aliphatic rings. The number of benzene rings is 2. The molecule has 2 amide bonds. The van der Waals surface area contributed by atoms with Crippen molar-refractivity contribution < 1.29 is 34.0 Å². The third-order valence-electron chi connectivity index (χ3n) is 5.56. The van der Waals surface area contributed by atoms with Gasteiger partial charge in [-0.1, -0.05) is 48.5 Å². The number of fused-ring (bicyclic) bond motifs is 1. The zero-order valence-corrected chi connectivity index (χ0v) is 17.4. The van der Waals surface area contributed by atoms with Gasteiger partial charge in [-0.15, -0.1) is 6.58 Å². The second-order valence-electron chi connectivity index (χ2n) is 7.66. The SMILES string of the molecule is C=CCO[C@@H]1O[C@H](COCc2ccccc2)[C@@H](O)[C@H](O)[C@H]1N1C(=O)c2ccccc2C1=O. The second-order valence-corrected chi connectivity index (χ2v) is 7.66. The van der Waals surface area contributed by atoms with Gasteiger partial charge < -0.3 is 24.4 Å². The van der Waals surface area contributed by atoms with Crippen LogP contribution in [0.4, 0.5) is 0 Å². The summed E-state index contributed by atoms with van der Waals surface area (Å²) in [5, 5.41) is 21.6. The summed E-state index contributed by atoms with van der Waals surface area (Å²) in [4.78, 5) is 26.8. The maximum atomic E-state index is 12.9. The number of ether oxygens (including phenoxy) is 3. The van der Waals surface area contributed by atoms with Gasteiger partial charge in [0.1, 0.15) is 24.4 Å². The van der Waals surface area contributed by atoms with Crippen molar-refractivity contribution in [1.29, 1.82) is 0 Å². The smallest absolute Gasteiger partial charge is 0.262 e. The van der Waals surface area contributed by atoms with Crippen molar-refractivity contribution in [1.82, 2.24) is 4.90 Å². The predicted molar refractivity (Wildman–Crippen MR) is 114 cm³/mol. The molecule has 0 saturated carbocycles. The van der Waals surface area contributed by atoms with Crippen LogP contribution in [0.3, 0.4) is 0 Å². The summed E-state index contributed by atoms with van der Waals surface area (Å²) in [5.41, 5.74) is 1.41. The van der Waals surface area contributed by atoms with Gasteiger partial charge in [0.05, 0.1) is 30.9 Å². The standard InChI is InChI=1S/C24H25NO7/c1-2-12-31-24-19(25-22(28)16-10-6-7-11-17(16)23(25)29)21(27)20(26)18(32-24)14-30-13-15-8-4-3-5-9-15/h2-11,18-21,24,26-27H,1,12-14H2/t18-,19-,20-,21-,24-/m1/s1. The number of hydrogen-bond donors (Lipinski definition) is 2. The lowest BCUT2D eigenvalue weighted by atomic mass is 9.95. The van der Waals surface area contributed by atoms with Crippen molar-refractivity contribution in [2.75, 3.05) is 13.2 Å². The van der Waals surface area contributed by atoms with Crippen LogP contribution < -0.4 is 0 Å². The fourth-order valence-electron chi connectivity index (χ4n) is 3.98. The maximum absolute atomic E-state index is 12.9. The van der Waals surface area contributed by atoms with Gasteiger partial charge in [0.2, 0.25) is 0 Å². The largest absolute Gasteiger partial charge is 0.388 e. The number of amides is 2. The molecule has 0 bridgehead atoms. The summed E-state index contributed by atoms with van der Waals surface area (Å²) in [7, 11) is 0. The summed E-state index contributed by atoms with van der Waals surface area (Å²) >= 11 is 0. The van der Waals surface area contributed by atoms with Crippen molar-refractivity contribution in [3.05, 3.63) is 83.9 Å². The van der Waals surface area contributed by atoms with Crippen LogP contribution in [0.2, 0.25) is 0 Å². The van der Waals surface area contributed by atoms with E-state index < -0.39 is 42.5 Å². The van der Waals surface area contributed by atoms with E-state index in [0.29, 0.717) is 6.61 Å². The molecule has 1 saturated heterocycles. The van der Waals surface area contributed by atoms with Gasteiger partial charge in [-0.25, -0.2) is 0 Å². The first-order valence-electron chi connectivity index (χ1n) is 10.4. The van der Waals surface area contributed by atoms with Gasteiger partial charge in [-0.05, 0) is 17.7 Å². The first-order chi connectivity index (χ1) is 15.5. The highest BCUT2D eigenvalue weighted by molar-refractivity contribution is 6.21. The summed E-state index contributed by atoms with van der Waals surface area (Å²) in [6.45, 7) is 3.94.